The van der Waals surface area contributed by atoms with Gasteiger partial charge in [-0.05, 0) is 62.3 Å². The Labute approximate surface area is 155 Å². The van der Waals surface area contributed by atoms with E-state index >= 15 is 0 Å². The predicted molar refractivity (Wildman–Crippen MR) is 99.0 cm³/mol. The number of fused-ring (bicyclic) bond motifs is 1. The molecule has 0 bridgehead atoms. The molecule has 0 aromatic heterocycles. The van der Waals surface area contributed by atoms with Crippen LogP contribution in [0.15, 0.2) is 17.0 Å². The molecule has 144 valence electrons. The molecule has 4 rings (SSSR count). The van der Waals surface area contributed by atoms with Gasteiger partial charge in [-0.25, -0.2) is 13.1 Å². The molecule has 0 amide bonds. The van der Waals surface area contributed by atoms with Gasteiger partial charge in [-0.2, -0.15) is 0 Å². The van der Waals surface area contributed by atoms with Crippen LogP contribution in [0.25, 0.3) is 0 Å². The van der Waals surface area contributed by atoms with Crippen molar-refractivity contribution in [2.45, 2.75) is 56.2 Å². The number of morpholine rings is 1. The minimum atomic E-state index is -3.55. The summed E-state index contributed by atoms with van der Waals surface area (Å²) in [6.45, 7) is 6.17. The summed E-state index contributed by atoms with van der Waals surface area (Å²) in [5, 5.41) is 0. The Morgan fingerprint density at radius 3 is 2.50 bits per heavy atom. The second kappa shape index (κ2) is 6.78. The average Bonchev–Trinajstić information content (AvgIpc) is 3.34. The van der Waals surface area contributed by atoms with Crippen LogP contribution in [0.2, 0.25) is 0 Å². The van der Waals surface area contributed by atoms with Crippen LogP contribution in [-0.4, -0.2) is 58.3 Å². The van der Waals surface area contributed by atoms with Crippen LogP contribution in [-0.2, 0) is 14.8 Å². The van der Waals surface area contributed by atoms with Gasteiger partial charge in [0, 0.05) is 25.2 Å². The van der Waals surface area contributed by atoms with E-state index in [4.69, 9.17) is 9.47 Å². The van der Waals surface area contributed by atoms with Gasteiger partial charge in [0.2, 0.25) is 10.0 Å². The van der Waals surface area contributed by atoms with Crippen molar-refractivity contribution >= 4 is 10.0 Å². The third-order valence-corrected chi connectivity index (χ3v) is 7.36. The fourth-order valence-electron chi connectivity index (χ4n) is 4.41. The van der Waals surface area contributed by atoms with E-state index in [0.29, 0.717) is 17.0 Å². The summed E-state index contributed by atoms with van der Waals surface area (Å²) in [6.07, 6.45) is 3.70. The number of methoxy groups -OCH3 is 1. The van der Waals surface area contributed by atoms with E-state index < -0.39 is 10.0 Å². The number of rotatable bonds is 5. The molecule has 3 atom stereocenters. The van der Waals surface area contributed by atoms with Gasteiger partial charge in [0.05, 0.1) is 24.7 Å². The summed E-state index contributed by atoms with van der Waals surface area (Å²) < 4.78 is 40.0. The number of hydrogen-bond acceptors (Lipinski definition) is 5. The summed E-state index contributed by atoms with van der Waals surface area (Å²) in [7, 11) is -1.94. The molecule has 0 radical (unpaired) electrons. The Kier molecular flexibility index (Phi) is 4.75. The van der Waals surface area contributed by atoms with E-state index in [1.54, 1.807) is 19.2 Å². The van der Waals surface area contributed by atoms with Gasteiger partial charge in [-0.15, -0.1) is 0 Å². The van der Waals surface area contributed by atoms with Crippen LogP contribution in [0.5, 0.6) is 5.75 Å². The molecule has 2 saturated heterocycles. The zero-order valence-corrected chi connectivity index (χ0v) is 16.5. The van der Waals surface area contributed by atoms with Crippen molar-refractivity contribution in [1.29, 1.82) is 0 Å². The molecule has 0 unspecified atom stereocenters. The lowest BCUT2D eigenvalue weighted by Crippen LogP contribution is -2.47. The quantitative estimate of drug-likeness (QED) is 0.844. The lowest BCUT2D eigenvalue weighted by atomic mass is 10.1. The Morgan fingerprint density at radius 2 is 1.88 bits per heavy atom. The Morgan fingerprint density at radius 1 is 1.19 bits per heavy atom. The van der Waals surface area contributed by atoms with E-state index in [1.165, 1.54) is 12.8 Å². The fourth-order valence-corrected chi connectivity index (χ4v) is 5.82. The molecule has 3 aliphatic rings. The van der Waals surface area contributed by atoms with E-state index in [2.05, 4.69) is 9.62 Å². The first-order valence-corrected chi connectivity index (χ1v) is 10.9. The van der Waals surface area contributed by atoms with Gasteiger partial charge in [0.25, 0.3) is 0 Å². The number of nitrogens with one attached hydrogen (secondary N) is 1. The van der Waals surface area contributed by atoms with E-state index in [0.717, 1.165) is 48.9 Å². The third-order valence-electron chi connectivity index (χ3n) is 5.86. The highest BCUT2D eigenvalue weighted by Crippen LogP contribution is 2.38. The highest BCUT2D eigenvalue weighted by molar-refractivity contribution is 7.89. The lowest BCUT2D eigenvalue weighted by molar-refractivity contribution is -0.0581. The summed E-state index contributed by atoms with van der Waals surface area (Å²) in [5.41, 5.74) is 1.66. The van der Waals surface area contributed by atoms with E-state index in [9.17, 15) is 8.42 Å². The molecule has 1 aliphatic carbocycles. The Hall–Kier alpha value is -1.15. The van der Waals surface area contributed by atoms with Gasteiger partial charge in [-0.3, -0.25) is 4.90 Å². The molecule has 2 heterocycles. The number of aryl methyl sites for hydroxylation is 2. The zero-order chi connectivity index (χ0) is 18.5. The third kappa shape index (κ3) is 3.50. The molecule has 0 spiro atoms. The second-order valence-electron chi connectivity index (χ2n) is 7.96. The molecule has 1 aromatic rings. The summed E-state index contributed by atoms with van der Waals surface area (Å²) in [4.78, 5) is 2.72. The SMILES string of the molecule is COc1c(C)cc(S(=O)(=O)N[C@H]2C[C@H]3CO[C@H](C4CC4)CN3C2)cc1C. The average molecular weight is 381 g/mol. The molecule has 7 heteroatoms. The lowest BCUT2D eigenvalue weighted by Gasteiger charge is -2.35. The second-order valence-corrected chi connectivity index (χ2v) is 9.68. The molecular weight excluding hydrogens is 352 g/mol. The van der Waals surface area contributed by atoms with Crippen molar-refractivity contribution < 1.29 is 17.9 Å². The molecule has 26 heavy (non-hydrogen) atoms. The number of nitrogens with zero attached hydrogens (tertiary/aromatic N) is 1. The first kappa shape index (κ1) is 18.2. The van der Waals surface area contributed by atoms with Gasteiger partial charge in [0.1, 0.15) is 5.75 Å². The monoisotopic (exact) mass is 380 g/mol. The number of ether oxygens (including phenoxy) is 2. The minimum absolute atomic E-state index is 0.0609. The molecule has 6 nitrogen and oxygen atoms in total. The van der Waals surface area contributed by atoms with Crippen LogP contribution in [0.4, 0.5) is 0 Å². The van der Waals surface area contributed by atoms with Gasteiger partial charge in [-0.1, -0.05) is 0 Å². The van der Waals surface area contributed by atoms with Gasteiger partial charge in [0.15, 0.2) is 0 Å². The Balaban J connectivity index is 1.45. The minimum Gasteiger partial charge on any atom is -0.496 e. The maximum atomic E-state index is 12.9. The maximum Gasteiger partial charge on any atom is 0.240 e. The molecule has 3 fully saturated rings. The van der Waals surface area contributed by atoms with Crippen molar-refractivity contribution in [3.63, 3.8) is 0 Å². The number of benzene rings is 1. The smallest absolute Gasteiger partial charge is 0.240 e. The van der Waals surface area contributed by atoms with Crippen LogP contribution >= 0.6 is 0 Å². The van der Waals surface area contributed by atoms with Crippen molar-refractivity contribution in [2.24, 2.45) is 5.92 Å². The summed E-state index contributed by atoms with van der Waals surface area (Å²) in [6, 6.07) is 3.64. The standard InChI is InChI=1S/C19H28N2O4S/c1-12-6-17(7-13(2)19(12)24-3)26(22,23)20-15-8-16-11-25-18(14-4-5-14)10-21(16)9-15/h6-7,14-16,18,20H,4-5,8-11H2,1-3H3/t15-,16-,18-/m0/s1. The topological polar surface area (TPSA) is 67.9 Å². The largest absolute Gasteiger partial charge is 0.496 e. The maximum absolute atomic E-state index is 12.9. The molecule has 2 aliphatic heterocycles. The van der Waals surface area contributed by atoms with Crippen molar-refractivity contribution in [1.82, 2.24) is 9.62 Å². The molecule has 1 N–H and O–H groups in total. The van der Waals surface area contributed by atoms with Crippen molar-refractivity contribution in [2.75, 3.05) is 26.8 Å². The van der Waals surface area contributed by atoms with Crippen LogP contribution < -0.4 is 9.46 Å². The predicted octanol–water partition coefficient (Wildman–Crippen LogP) is 1.84. The molecule has 1 saturated carbocycles. The van der Waals surface area contributed by atoms with Gasteiger partial charge < -0.3 is 9.47 Å². The highest BCUT2D eigenvalue weighted by atomic mass is 32.2. The fraction of sp³-hybridized carbons (Fsp3) is 0.684. The number of sulfonamides is 1. The van der Waals surface area contributed by atoms with Gasteiger partial charge >= 0.3 is 0 Å². The first-order chi connectivity index (χ1) is 12.4. The van der Waals surface area contributed by atoms with Crippen molar-refractivity contribution in [3.05, 3.63) is 23.3 Å². The Bertz CT molecular complexity index is 768. The number of hydrogen-bond donors (Lipinski definition) is 1. The molecule has 1 aromatic carbocycles. The summed E-state index contributed by atoms with van der Waals surface area (Å²) >= 11 is 0. The van der Waals surface area contributed by atoms with Crippen LogP contribution in [0, 0.1) is 19.8 Å². The summed E-state index contributed by atoms with van der Waals surface area (Å²) in [5.74, 6) is 1.46. The normalized spacial score (nSPS) is 29.6. The zero-order valence-electron chi connectivity index (χ0n) is 15.7. The van der Waals surface area contributed by atoms with E-state index in [-0.39, 0.29) is 6.04 Å². The highest BCUT2D eigenvalue weighted by Gasteiger charge is 2.43. The first-order valence-electron chi connectivity index (χ1n) is 9.40. The van der Waals surface area contributed by atoms with Crippen molar-refractivity contribution in [3.8, 4) is 5.75 Å². The van der Waals surface area contributed by atoms with Crippen LogP contribution in [0.3, 0.4) is 0 Å². The van der Waals surface area contributed by atoms with Crippen LogP contribution in [0.1, 0.15) is 30.4 Å². The molecular formula is C19H28N2O4S. The van der Waals surface area contributed by atoms with E-state index in [1.807, 2.05) is 13.8 Å².